The maximum Gasteiger partial charge on any atom is 0.416 e. The fraction of sp³-hybridized carbons (Fsp3) is 0.500. The fourth-order valence-corrected chi connectivity index (χ4v) is 5.72. The van der Waals surface area contributed by atoms with Gasteiger partial charge in [0.2, 0.25) is 0 Å². The van der Waals surface area contributed by atoms with Crippen LogP contribution in [0.5, 0.6) is 0 Å². The molecule has 2 aliphatic rings. The van der Waals surface area contributed by atoms with Gasteiger partial charge in [0.1, 0.15) is 17.6 Å². The molecule has 0 aromatic heterocycles. The van der Waals surface area contributed by atoms with Gasteiger partial charge in [0.25, 0.3) is 0 Å². The molecule has 0 radical (unpaired) electrons. The average Bonchev–Trinajstić information content (AvgIpc) is 3.14. The van der Waals surface area contributed by atoms with E-state index in [-0.39, 0.29) is 24.3 Å². The molecule has 0 aliphatic carbocycles. The summed E-state index contributed by atoms with van der Waals surface area (Å²) in [6.45, 7) is 1.42. The summed E-state index contributed by atoms with van der Waals surface area (Å²) in [6.07, 6.45) is -9.25. The van der Waals surface area contributed by atoms with Crippen LogP contribution in [0.3, 0.4) is 0 Å². The van der Waals surface area contributed by atoms with E-state index in [2.05, 4.69) is 0 Å². The van der Waals surface area contributed by atoms with E-state index in [1.165, 1.54) is 24.3 Å². The summed E-state index contributed by atoms with van der Waals surface area (Å²) in [5.74, 6) is -0.433. The predicted molar refractivity (Wildman–Crippen MR) is 132 cm³/mol. The summed E-state index contributed by atoms with van der Waals surface area (Å²) in [5, 5.41) is 0. The Hall–Kier alpha value is -2.84. The van der Waals surface area contributed by atoms with Crippen molar-refractivity contribution in [3.63, 3.8) is 0 Å². The summed E-state index contributed by atoms with van der Waals surface area (Å²) in [6, 6.07) is 8.61. The van der Waals surface area contributed by atoms with Crippen molar-refractivity contribution in [2.24, 2.45) is 0 Å². The number of nitrogens with zero attached hydrogens (tertiary/aromatic N) is 2. The number of rotatable bonds is 8. The molecule has 1 spiro atoms. The first-order valence-corrected chi connectivity index (χ1v) is 14.4. The number of benzene rings is 2. The summed E-state index contributed by atoms with van der Waals surface area (Å²) < 4.78 is 115. The molecule has 2 aromatic carbocycles. The Kier molecular flexibility index (Phi) is 8.44. The van der Waals surface area contributed by atoms with E-state index < -0.39 is 57.0 Å². The number of hydrogen-bond acceptors (Lipinski definition) is 6. The zero-order valence-electron chi connectivity index (χ0n) is 21.5. The molecule has 2 aliphatic heterocycles. The van der Waals surface area contributed by atoms with Gasteiger partial charge in [-0.25, -0.2) is 13.2 Å². The van der Waals surface area contributed by atoms with E-state index in [1.54, 1.807) is 0 Å². The maximum atomic E-state index is 13.3. The molecule has 2 saturated heterocycles. The van der Waals surface area contributed by atoms with Crippen LogP contribution in [0.2, 0.25) is 0 Å². The minimum Gasteiger partial charge on any atom is -0.441 e. The van der Waals surface area contributed by atoms with Crippen molar-refractivity contribution in [1.82, 2.24) is 9.80 Å². The molecule has 0 N–H and O–H groups in total. The molecule has 4 rings (SSSR count). The molecular weight excluding hydrogens is 566 g/mol. The van der Waals surface area contributed by atoms with E-state index in [9.17, 15) is 39.6 Å². The van der Waals surface area contributed by atoms with Gasteiger partial charge in [-0.1, -0.05) is 24.3 Å². The minimum atomic E-state index is -4.64. The van der Waals surface area contributed by atoms with Gasteiger partial charge in [-0.05, 0) is 35.4 Å². The Morgan fingerprint density at radius 1 is 0.950 bits per heavy atom. The quantitative estimate of drug-likeness (QED) is 0.395. The van der Waals surface area contributed by atoms with E-state index in [4.69, 9.17) is 9.47 Å². The van der Waals surface area contributed by atoms with Gasteiger partial charge in [-0.15, -0.1) is 0 Å². The zero-order valence-corrected chi connectivity index (χ0v) is 22.3. The van der Waals surface area contributed by atoms with E-state index in [1.807, 2.05) is 4.90 Å². The SMILES string of the molecule is CS(=O)(=O)CN1CC2(CCN(CCOC(c3cccc(C(F)(F)F)c3)c3cccc(C(F)(F)F)c3)CC2)OC1=O. The highest BCUT2D eigenvalue weighted by Crippen LogP contribution is 2.37. The summed E-state index contributed by atoms with van der Waals surface area (Å²) >= 11 is 0. The number of likely N-dealkylation sites (tertiary alicyclic amines) is 1. The topological polar surface area (TPSA) is 76.2 Å². The number of piperidine rings is 1. The predicted octanol–water partition coefficient (Wildman–Crippen LogP) is 5.12. The Morgan fingerprint density at radius 2 is 1.48 bits per heavy atom. The van der Waals surface area contributed by atoms with Crippen LogP contribution in [0.25, 0.3) is 0 Å². The van der Waals surface area contributed by atoms with Gasteiger partial charge in [0.05, 0.1) is 24.3 Å². The van der Waals surface area contributed by atoms with Crippen molar-refractivity contribution in [1.29, 1.82) is 0 Å². The van der Waals surface area contributed by atoms with Crippen LogP contribution >= 0.6 is 0 Å². The molecule has 2 aromatic rings. The highest BCUT2D eigenvalue weighted by molar-refractivity contribution is 7.90. The van der Waals surface area contributed by atoms with Crippen molar-refractivity contribution >= 4 is 15.9 Å². The molecular formula is C26H28F6N2O5S. The van der Waals surface area contributed by atoms with Crippen LogP contribution in [-0.4, -0.2) is 74.8 Å². The van der Waals surface area contributed by atoms with Crippen LogP contribution < -0.4 is 0 Å². The molecule has 0 atom stereocenters. The smallest absolute Gasteiger partial charge is 0.416 e. The highest BCUT2D eigenvalue weighted by Gasteiger charge is 2.47. The Bertz CT molecular complexity index is 1270. The van der Waals surface area contributed by atoms with E-state index >= 15 is 0 Å². The van der Waals surface area contributed by atoms with E-state index in [0.717, 1.165) is 35.4 Å². The van der Waals surface area contributed by atoms with Crippen LogP contribution in [0.1, 0.15) is 41.2 Å². The van der Waals surface area contributed by atoms with Gasteiger partial charge in [0, 0.05) is 38.7 Å². The first-order chi connectivity index (χ1) is 18.5. The molecule has 2 heterocycles. The highest BCUT2D eigenvalue weighted by atomic mass is 32.2. The van der Waals surface area contributed by atoms with Crippen molar-refractivity contribution in [2.75, 3.05) is 44.9 Å². The molecule has 14 heteroatoms. The molecule has 0 unspecified atom stereocenters. The second kappa shape index (κ2) is 11.2. The van der Waals surface area contributed by atoms with Crippen molar-refractivity contribution in [3.8, 4) is 0 Å². The van der Waals surface area contributed by atoms with Crippen molar-refractivity contribution in [3.05, 3.63) is 70.8 Å². The third-order valence-electron chi connectivity index (χ3n) is 6.92. The van der Waals surface area contributed by atoms with E-state index in [0.29, 0.717) is 32.5 Å². The van der Waals surface area contributed by atoms with Crippen LogP contribution in [0.4, 0.5) is 31.1 Å². The summed E-state index contributed by atoms with van der Waals surface area (Å²) in [5.41, 5.74) is -2.56. The van der Waals surface area contributed by atoms with Crippen LogP contribution in [0.15, 0.2) is 48.5 Å². The fourth-order valence-electron chi connectivity index (χ4n) is 4.96. The molecule has 0 bridgehead atoms. The second-order valence-corrected chi connectivity index (χ2v) is 12.3. The number of amides is 1. The van der Waals surface area contributed by atoms with Gasteiger partial charge in [-0.2, -0.15) is 26.3 Å². The van der Waals surface area contributed by atoms with Crippen LogP contribution in [-0.2, 0) is 31.7 Å². The van der Waals surface area contributed by atoms with Crippen molar-refractivity contribution < 1.29 is 49.0 Å². The lowest BCUT2D eigenvalue weighted by Gasteiger charge is -2.37. The lowest BCUT2D eigenvalue weighted by molar-refractivity contribution is -0.138. The van der Waals surface area contributed by atoms with Gasteiger partial charge < -0.3 is 14.4 Å². The Balaban J connectivity index is 1.43. The normalized spacial score (nSPS) is 18.5. The summed E-state index contributed by atoms with van der Waals surface area (Å²) in [4.78, 5) is 15.3. The molecule has 2 fully saturated rings. The number of halogens is 6. The number of carbonyl (C=O) groups is 1. The van der Waals surface area contributed by atoms with Gasteiger partial charge in [-0.3, -0.25) is 4.90 Å². The molecule has 0 saturated carbocycles. The Labute approximate surface area is 227 Å². The largest absolute Gasteiger partial charge is 0.441 e. The molecule has 1 amide bonds. The number of hydrogen-bond donors (Lipinski definition) is 0. The second-order valence-electron chi connectivity index (χ2n) is 10.1. The molecule has 7 nitrogen and oxygen atoms in total. The number of ether oxygens (including phenoxy) is 2. The first-order valence-electron chi connectivity index (χ1n) is 12.4. The third-order valence-corrected chi connectivity index (χ3v) is 7.70. The maximum absolute atomic E-state index is 13.3. The van der Waals surface area contributed by atoms with Crippen LogP contribution in [0, 0.1) is 0 Å². The average molecular weight is 595 g/mol. The minimum absolute atomic E-state index is 0.00412. The molecule has 40 heavy (non-hydrogen) atoms. The number of alkyl halides is 6. The zero-order chi connectivity index (χ0) is 29.3. The van der Waals surface area contributed by atoms with Gasteiger partial charge >= 0.3 is 18.4 Å². The molecule has 220 valence electrons. The number of sulfone groups is 1. The Morgan fingerprint density at radius 3 is 1.95 bits per heavy atom. The third kappa shape index (κ3) is 7.46. The number of carbonyl (C=O) groups excluding carboxylic acids is 1. The van der Waals surface area contributed by atoms with Gasteiger partial charge in [0.15, 0.2) is 9.84 Å². The first kappa shape index (κ1) is 30.1. The summed E-state index contributed by atoms with van der Waals surface area (Å²) in [7, 11) is -3.42. The lowest BCUT2D eigenvalue weighted by atomic mass is 9.91. The monoisotopic (exact) mass is 594 g/mol. The lowest BCUT2D eigenvalue weighted by Crippen LogP contribution is -2.47. The standard InChI is InChI=1S/C26H28F6N2O5S/c1-40(36,37)17-34-16-24(39-23(34)35)8-10-33(11-9-24)12-13-38-22(18-4-2-6-20(14-18)25(27,28)29)19-5-3-7-21(15-19)26(30,31)32/h2-7,14-15,22H,8-13,16-17H2,1H3. The van der Waals surface area contributed by atoms with Crippen molar-refractivity contribution in [2.45, 2.75) is 36.9 Å².